The summed E-state index contributed by atoms with van der Waals surface area (Å²) in [4.78, 5) is 21.9. The first-order chi connectivity index (χ1) is 9.88. The number of rotatable bonds is 3. The third-order valence-electron chi connectivity index (χ3n) is 2.79. The second-order valence-corrected chi connectivity index (χ2v) is 4.36. The molecule has 0 radical (unpaired) electrons. The summed E-state index contributed by atoms with van der Waals surface area (Å²) >= 11 is 0. The smallest absolute Gasteiger partial charge is 0.285 e. The highest BCUT2D eigenvalue weighted by Crippen LogP contribution is 2.23. The summed E-state index contributed by atoms with van der Waals surface area (Å²) in [5.74, 6) is -3.59. The van der Waals surface area contributed by atoms with Gasteiger partial charge in [0.15, 0.2) is 11.6 Å². The van der Waals surface area contributed by atoms with Crippen molar-refractivity contribution in [2.75, 3.05) is 5.32 Å². The van der Waals surface area contributed by atoms with Crippen LogP contribution in [0.2, 0.25) is 0 Å². The monoisotopic (exact) mass is 292 g/mol. The number of aryl methyl sites for hydroxylation is 1. The minimum atomic E-state index is -1.38. The molecule has 1 N–H and O–H groups in total. The summed E-state index contributed by atoms with van der Waals surface area (Å²) in [7, 11) is 0. The molecule has 2 aromatic rings. The summed E-state index contributed by atoms with van der Waals surface area (Å²) in [6, 6.07) is 7.55. The number of nitrogens with zero attached hydrogens (tertiary/aromatic N) is 1. The van der Waals surface area contributed by atoms with E-state index in [2.05, 4.69) is 5.32 Å². The van der Waals surface area contributed by atoms with E-state index in [-0.39, 0.29) is 0 Å². The van der Waals surface area contributed by atoms with E-state index in [1.807, 2.05) is 6.92 Å². The Morgan fingerprint density at radius 3 is 2.29 bits per heavy atom. The number of nitro groups is 1. The van der Waals surface area contributed by atoms with Crippen LogP contribution in [0.1, 0.15) is 15.9 Å². The van der Waals surface area contributed by atoms with E-state index in [0.29, 0.717) is 17.8 Å². The molecule has 0 aromatic heterocycles. The molecule has 0 spiro atoms. The van der Waals surface area contributed by atoms with Crippen LogP contribution in [0.15, 0.2) is 36.4 Å². The number of nitro benzene ring substituents is 1. The highest BCUT2D eigenvalue weighted by atomic mass is 19.2. The Hall–Kier alpha value is -2.83. The maximum atomic E-state index is 13.2. The van der Waals surface area contributed by atoms with Crippen molar-refractivity contribution in [1.82, 2.24) is 0 Å². The minimum Gasteiger partial charge on any atom is -0.322 e. The second-order valence-electron chi connectivity index (χ2n) is 4.36. The van der Waals surface area contributed by atoms with Gasteiger partial charge in [0.25, 0.3) is 11.6 Å². The topological polar surface area (TPSA) is 72.2 Å². The van der Waals surface area contributed by atoms with Gasteiger partial charge in [0.2, 0.25) is 0 Å². The number of hydrogen-bond acceptors (Lipinski definition) is 3. The van der Waals surface area contributed by atoms with Crippen molar-refractivity contribution in [3.63, 3.8) is 0 Å². The number of benzene rings is 2. The Labute approximate surface area is 118 Å². The summed E-state index contributed by atoms with van der Waals surface area (Å²) < 4.78 is 26.2. The molecule has 0 heterocycles. The number of amides is 1. The molecule has 0 saturated carbocycles. The van der Waals surface area contributed by atoms with Crippen LogP contribution in [0.5, 0.6) is 0 Å². The highest BCUT2D eigenvalue weighted by molar-refractivity contribution is 6.07. The maximum absolute atomic E-state index is 13.2. The zero-order valence-electron chi connectivity index (χ0n) is 10.9. The Bertz CT molecular complexity index is 715. The lowest BCUT2D eigenvalue weighted by Crippen LogP contribution is -2.14. The first-order valence-corrected chi connectivity index (χ1v) is 5.90. The van der Waals surface area contributed by atoms with Crippen LogP contribution in [0.25, 0.3) is 0 Å². The van der Waals surface area contributed by atoms with Crippen LogP contribution in [0, 0.1) is 28.7 Å². The molecule has 0 aliphatic heterocycles. The zero-order valence-corrected chi connectivity index (χ0v) is 10.9. The normalized spacial score (nSPS) is 10.2. The fraction of sp³-hybridized carbons (Fsp3) is 0.0714. The molecule has 2 aromatic carbocycles. The summed E-state index contributed by atoms with van der Waals surface area (Å²) in [5, 5.41) is 13.2. The number of anilines is 1. The van der Waals surface area contributed by atoms with Crippen LogP contribution in [-0.2, 0) is 0 Å². The molecule has 0 aliphatic rings. The fourth-order valence-electron chi connectivity index (χ4n) is 1.70. The van der Waals surface area contributed by atoms with Gasteiger partial charge in [-0.25, -0.2) is 8.78 Å². The lowest BCUT2D eigenvalue weighted by molar-refractivity contribution is -0.385. The molecule has 1 amide bonds. The van der Waals surface area contributed by atoms with Gasteiger partial charge < -0.3 is 5.32 Å². The molecule has 5 nitrogen and oxygen atoms in total. The van der Waals surface area contributed by atoms with E-state index in [0.717, 1.165) is 5.56 Å². The predicted octanol–water partition coefficient (Wildman–Crippen LogP) is 3.43. The van der Waals surface area contributed by atoms with E-state index in [4.69, 9.17) is 0 Å². The van der Waals surface area contributed by atoms with Crippen molar-refractivity contribution < 1.29 is 18.5 Å². The lowest BCUT2D eigenvalue weighted by Gasteiger charge is -2.06. The molecular weight excluding hydrogens is 282 g/mol. The van der Waals surface area contributed by atoms with E-state index in [9.17, 15) is 23.7 Å². The first-order valence-electron chi connectivity index (χ1n) is 5.90. The predicted molar refractivity (Wildman–Crippen MR) is 72.1 cm³/mol. The number of nitrogens with one attached hydrogen (secondary N) is 1. The number of halogens is 2. The standard InChI is InChI=1S/C14H10F2N2O3/c1-8-2-4-9(5-3-8)17-14(19)10-6-11(15)12(16)7-13(10)18(20)21/h2-7H,1H3,(H,17,19). The summed E-state index contributed by atoms with van der Waals surface area (Å²) in [5.41, 5.74) is 0.0226. The van der Waals surface area contributed by atoms with Gasteiger partial charge in [-0.15, -0.1) is 0 Å². The molecule has 7 heteroatoms. The highest BCUT2D eigenvalue weighted by Gasteiger charge is 2.23. The van der Waals surface area contributed by atoms with Crippen molar-refractivity contribution in [1.29, 1.82) is 0 Å². The molecular formula is C14H10F2N2O3. The van der Waals surface area contributed by atoms with Crippen LogP contribution in [-0.4, -0.2) is 10.8 Å². The van der Waals surface area contributed by atoms with E-state index < -0.39 is 33.7 Å². The maximum Gasteiger partial charge on any atom is 0.285 e. The van der Waals surface area contributed by atoms with Crippen molar-refractivity contribution in [2.24, 2.45) is 0 Å². The van der Waals surface area contributed by atoms with Crippen molar-refractivity contribution in [3.8, 4) is 0 Å². The number of carbonyl (C=O) groups excluding carboxylic acids is 1. The van der Waals surface area contributed by atoms with Crippen LogP contribution >= 0.6 is 0 Å². The van der Waals surface area contributed by atoms with Gasteiger partial charge in [0.05, 0.1) is 11.0 Å². The molecule has 0 saturated heterocycles. The van der Waals surface area contributed by atoms with E-state index >= 15 is 0 Å². The van der Waals surface area contributed by atoms with Gasteiger partial charge in [-0.1, -0.05) is 17.7 Å². The Kier molecular flexibility index (Phi) is 3.93. The minimum absolute atomic E-state index is 0.388. The van der Waals surface area contributed by atoms with Crippen LogP contribution in [0.4, 0.5) is 20.2 Å². The average molecular weight is 292 g/mol. The molecule has 2 rings (SSSR count). The van der Waals surface area contributed by atoms with Crippen molar-refractivity contribution >= 4 is 17.3 Å². The number of carbonyl (C=O) groups is 1. The molecule has 108 valence electrons. The first kappa shape index (κ1) is 14.6. The lowest BCUT2D eigenvalue weighted by atomic mass is 10.1. The molecule has 21 heavy (non-hydrogen) atoms. The Morgan fingerprint density at radius 1 is 1.14 bits per heavy atom. The van der Waals surface area contributed by atoms with Gasteiger partial charge >= 0.3 is 0 Å². The third-order valence-corrected chi connectivity index (χ3v) is 2.79. The molecule has 0 unspecified atom stereocenters. The van der Waals surface area contributed by atoms with E-state index in [1.54, 1.807) is 24.3 Å². The summed E-state index contributed by atoms with van der Waals surface area (Å²) in [6.07, 6.45) is 0. The van der Waals surface area contributed by atoms with Gasteiger partial charge in [-0.3, -0.25) is 14.9 Å². The molecule has 0 atom stereocenters. The SMILES string of the molecule is Cc1ccc(NC(=O)c2cc(F)c(F)cc2[N+](=O)[O-])cc1. The van der Waals surface area contributed by atoms with Crippen molar-refractivity contribution in [3.05, 3.63) is 69.3 Å². The van der Waals surface area contributed by atoms with Gasteiger partial charge in [0.1, 0.15) is 5.56 Å². The van der Waals surface area contributed by atoms with Crippen molar-refractivity contribution in [2.45, 2.75) is 6.92 Å². The second kappa shape index (κ2) is 5.66. The summed E-state index contributed by atoms with van der Waals surface area (Å²) in [6.45, 7) is 1.85. The fourth-order valence-corrected chi connectivity index (χ4v) is 1.70. The quantitative estimate of drug-likeness (QED) is 0.695. The largest absolute Gasteiger partial charge is 0.322 e. The van der Waals surface area contributed by atoms with Crippen LogP contribution < -0.4 is 5.32 Å². The molecule has 0 fully saturated rings. The molecule has 0 bridgehead atoms. The zero-order chi connectivity index (χ0) is 15.6. The van der Waals surface area contributed by atoms with Gasteiger partial charge in [-0.2, -0.15) is 0 Å². The average Bonchev–Trinajstić information content (AvgIpc) is 2.43. The third kappa shape index (κ3) is 3.19. The van der Waals surface area contributed by atoms with Crippen LogP contribution in [0.3, 0.4) is 0 Å². The van der Waals surface area contributed by atoms with E-state index in [1.165, 1.54) is 0 Å². The Balaban J connectivity index is 2.36. The number of hydrogen-bond donors (Lipinski definition) is 1. The van der Waals surface area contributed by atoms with Gasteiger partial charge in [0, 0.05) is 5.69 Å². The van der Waals surface area contributed by atoms with Gasteiger partial charge in [-0.05, 0) is 25.1 Å². The molecule has 0 aliphatic carbocycles. The Morgan fingerprint density at radius 2 is 1.71 bits per heavy atom.